The van der Waals surface area contributed by atoms with Crippen molar-refractivity contribution in [2.75, 3.05) is 23.0 Å². The summed E-state index contributed by atoms with van der Waals surface area (Å²) in [6, 6.07) is 8.70. The molecule has 152 valence electrons. The third-order valence-electron chi connectivity index (χ3n) is 4.18. The molecule has 1 amide bonds. The van der Waals surface area contributed by atoms with Gasteiger partial charge >= 0.3 is 0 Å². The molecule has 0 unspecified atom stereocenters. The summed E-state index contributed by atoms with van der Waals surface area (Å²) in [7, 11) is -2.31. The van der Waals surface area contributed by atoms with E-state index in [0.29, 0.717) is 16.5 Å². The Morgan fingerprint density at radius 3 is 2.43 bits per heavy atom. The Kier molecular flexibility index (Phi) is 7.20. The van der Waals surface area contributed by atoms with E-state index in [1.807, 2.05) is 6.92 Å². The van der Waals surface area contributed by atoms with Crippen LogP contribution in [0.5, 0.6) is 5.75 Å². The molecule has 2 rings (SSSR count). The molecule has 2 aromatic rings. The summed E-state index contributed by atoms with van der Waals surface area (Å²) in [6.45, 7) is 3.56. The number of carbonyl (C=O) groups excluding carboxylic acids is 1. The number of aryl methyl sites for hydroxylation is 1. The highest BCUT2D eigenvalue weighted by Gasteiger charge is 2.32. The molecule has 9 heteroatoms. The van der Waals surface area contributed by atoms with Gasteiger partial charge in [0.1, 0.15) is 11.8 Å². The Morgan fingerprint density at radius 2 is 1.89 bits per heavy atom. The Hall–Kier alpha value is -1.96. The molecule has 0 aliphatic heterocycles. The standard InChI is InChI=1S/C19H22Cl2N2O4S/c1-5-17(19(24)22-16-10-13(20)7-6-12(16)2)23(28(4,25)26)14-8-9-18(27-3)15(21)11-14/h6-11,17H,5H2,1-4H3,(H,22,24)/t17-/m0/s1. The summed E-state index contributed by atoms with van der Waals surface area (Å²) in [4.78, 5) is 13.0. The van der Waals surface area contributed by atoms with Gasteiger partial charge in [-0.1, -0.05) is 36.2 Å². The minimum atomic E-state index is -3.77. The molecule has 0 aliphatic rings. The predicted octanol–water partition coefficient (Wildman–Crippen LogP) is 4.49. The maximum atomic E-state index is 13.0. The van der Waals surface area contributed by atoms with Gasteiger partial charge in [0.25, 0.3) is 0 Å². The molecule has 0 fully saturated rings. The van der Waals surface area contributed by atoms with Crippen molar-refractivity contribution in [2.45, 2.75) is 26.3 Å². The van der Waals surface area contributed by atoms with E-state index in [0.717, 1.165) is 16.1 Å². The average molecular weight is 445 g/mol. The smallest absolute Gasteiger partial charge is 0.248 e. The summed E-state index contributed by atoms with van der Waals surface area (Å²) in [5, 5.41) is 3.49. The number of rotatable bonds is 7. The average Bonchev–Trinajstić information content (AvgIpc) is 2.61. The Bertz CT molecular complexity index is 980. The molecular weight excluding hydrogens is 423 g/mol. The van der Waals surface area contributed by atoms with E-state index in [9.17, 15) is 13.2 Å². The van der Waals surface area contributed by atoms with Gasteiger partial charge in [0.2, 0.25) is 15.9 Å². The van der Waals surface area contributed by atoms with Crippen LogP contribution in [0, 0.1) is 6.92 Å². The number of hydrogen-bond acceptors (Lipinski definition) is 4. The first-order valence-corrected chi connectivity index (χ1v) is 11.1. The number of carbonyl (C=O) groups is 1. The maximum absolute atomic E-state index is 13.0. The number of sulfonamides is 1. The lowest BCUT2D eigenvalue weighted by molar-refractivity contribution is -0.117. The van der Waals surface area contributed by atoms with E-state index < -0.39 is 22.0 Å². The Balaban J connectivity index is 2.44. The van der Waals surface area contributed by atoms with Gasteiger partial charge in [0.05, 0.1) is 24.1 Å². The molecule has 1 N–H and O–H groups in total. The Morgan fingerprint density at radius 1 is 1.21 bits per heavy atom. The molecule has 0 bridgehead atoms. The number of ether oxygens (including phenoxy) is 1. The van der Waals surface area contributed by atoms with Crippen LogP contribution in [0.3, 0.4) is 0 Å². The van der Waals surface area contributed by atoms with Crippen LogP contribution in [0.1, 0.15) is 18.9 Å². The van der Waals surface area contributed by atoms with E-state index in [-0.39, 0.29) is 17.1 Å². The minimum absolute atomic E-state index is 0.245. The molecule has 0 saturated carbocycles. The number of halogens is 2. The first kappa shape index (κ1) is 22.3. The van der Waals surface area contributed by atoms with Gasteiger partial charge in [-0.05, 0) is 49.2 Å². The molecule has 0 aliphatic carbocycles. The third kappa shape index (κ3) is 5.10. The fraction of sp³-hybridized carbons (Fsp3) is 0.316. The molecule has 6 nitrogen and oxygen atoms in total. The molecule has 0 radical (unpaired) electrons. The second-order valence-corrected chi connectivity index (χ2v) is 8.95. The molecule has 2 aromatic carbocycles. The van der Waals surface area contributed by atoms with Gasteiger partial charge in [-0.2, -0.15) is 0 Å². The summed E-state index contributed by atoms with van der Waals surface area (Å²) >= 11 is 12.2. The van der Waals surface area contributed by atoms with Crippen LogP contribution < -0.4 is 14.4 Å². The zero-order chi connectivity index (χ0) is 21.1. The Labute approximate surface area is 175 Å². The highest BCUT2D eigenvalue weighted by atomic mass is 35.5. The summed E-state index contributed by atoms with van der Waals surface area (Å²) in [6.07, 6.45) is 1.30. The van der Waals surface area contributed by atoms with Crippen molar-refractivity contribution in [1.29, 1.82) is 0 Å². The molecule has 0 aromatic heterocycles. The first-order chi connectivity index (χ1) is 13.1. The van der Waals surface area contributed by atoms with Crippen molar-refractivity contribution >= 4 is 50.5 Å². The van der Waals surface area contributed by atoms with Crippen molar-refractivity contribution in [2.24, 2.45) is 0 Å². The highest BCUT2D eigenvalue weighted by Crippen LogP contribution is 2.32. The lowest BCUT2D eigenvalue weighted by Gasteiger charge is -2.30. The topological polar surface area (TPSA) is 75.7 Å². The van der Waals surface area contributed by atoms with E-state index in [2.05, 4.69) is 5.32 Å². The van der Waals surface area contributed by atoms with Gasteiger partial charge in [0, 0.05) is 10.7 Å². The van der Waals surface area contributed by atoms with Crippen LogP contribution in [0.2, 0.25) is 10.0 Å². The molecule has 28 heavy (non-hydrogen) atoms. The quantitative estimate of drug-likeness (QED) is 0.681. The minimum Gasteiger partial charge on any atom is -0.495 e. The number of hydrogen-bond donors (Lipinski definition) is 1. The zero-order valence-corrected chi connectivity index (χ0v) is 18.3. The van der Waals surface area contributed by atoms with Crippen molar-refractivity contribution < 1.29 is 17.9 Å². The van der Waals surface area contributed by atoms with Crippen molar-refractivity contribution in [1.82, 2.24) is 0 Å². The summed E-state index contributed by atoms with van der Waals surface area (Å²) in [5.74, 6) is -0.0591. The normalized spacial score (nSPS) is 12.4. The van der Waals surface area contributed by atoms with Gasteiger partial charge in [-0.25, -0.2) is 8.42 Å². The second kappa shape index (κ2) is 9.03. The van der Waals surface area contributed by atoms with Crippen molar-refractivity contribution in [3.63, 3.8) is 0 Å². The number of nitrogens with one attached hydrogen (secondary N) is 1. The van der Waals surface area contributed by atoms with Crippen LogP contribution in [0.25, 0.3) is 0 Å². The molecule has 0 saturated heterocycles. The van der Waals surface area contributed by atoms with E-state index in [1.54, 1.807) is 37.3 Å². The number of methoxy groups -OCH3 is 1. The van der Waals surface area contributed by atoms with Crippen LogP contribution in [0.4, 0.5) is 11.4 Å². The summed E-state index contributed by atoms with van der Waals surface area (Å²) in [5.41, 5.74) is 1.61. The van der Waals surface area contributed by atoms with Gasteiger partial charge < -0.3 is 10.1 Å². The highest BCUT2D eigenvalue weighted by molar-refractivity contribution is 7.92. The fourth-order valence-electron chi connectivity index (χ4n) is 2.80. The maximum Gasteiger partial charge on any atom is 0.248 e. The van der Waals surface area contributed by atoms with Crippen molar-refractivity contribution in [3.8, 4) is 5.75 Å². The largest absolute Gasteiger partial charge is 0.495 e. The van der Waals surface area contributed by atoms with Gasteiger partial charge in [-0.15, -0.1) is 0 Å². The van der Waals surface area contributed by atoms with Crippen LogP contribution >= 0.6 is 23.2 Å². The second-order valence-electron chi connectivity index (χ2n) is 6.25. The lowest BCUT2D eigenvalue weighted by atomic mass is 10.1. The van der Waals surface area contributed by atoms with Gasteiger partial charge in [-0.3, -0.25) is 9.10 Å². The number of amides is 1. The van der Waals surface area contributed by atoms with Crippen LogP contribution in [0.15, 0.2) is 36.4 Å². The van der Waals surface area contributed by atoms with Crippen molar-refractivity contribution in [3.05, 3.63) is 52.0 Å². The lowest BCUT2D eigenvalue weighted by Crippen LogP contribution is -2.47. The molecular formula is C19H22Cl2N2O4S. The monoisotopic (exact) mass is 444 g/mol. The first-order valence-electron chi connectivity index (χ1n) is 8.48. The molecule has 0 heterocycles. The van der Waals surface area contributed by atoms with E-state index in [1.165, 1.54) is 13.2 Å². The third-order valence-corrected chi connectivity index (χ3v) is 5.89. The zero-order valence-electron chi connectivity index (χ0n) is 16.0. The number of anilines is 2. The van der Waals surface area contributed by atoms with Crippen LogP contribution in [-0.2, 0) is 14.8 Å². The SMILES string of the molecule is CC[C@@H](C(=O)Nc1cc(Cl)ccc1C)N(c1ccc(OC)c(Cl)c1)S(C)(=O)=O. The van der Waals surface area contributed by atoms with E-state index >= 15 is 0 Å². The predicted molar refractivity (Wildman–Crippen MR) is 114 cm³/mol. The number of nitrogens with zero attached hydrogens (tertiary/aromatic N) is 1. The number of benzene rings is 2. The fourth-order valence-corrected chi connectivity index (χ4v) is 4.43. The van der Waals surface area contributed by atoms with Crippen LogP contribution in [-0.4, -0.2) is 33.7 Å². The van der Waals surface area contributed by atoms with Gasteiger partial charge in [0.15, 0.2) is 0 Å². The van der Waals surface area contributed by atoms with E-state index in [4.69, 9.17) is 27.9 Å². The summed E-state index contributed by atoms with van der Waals surface area (Å²) < 4.78 is 31.2. The molecule has 1 atom stereocenters. The molecule has 0 spiro atoms.